The standard InChI is InChI=1S/C19H26N4O2S.HI/c1-13(2)18-22-15(12-26-18)10-21-19(20-3)23(4)11-14-5-6-16-17(9-14)25-8-7-24-16;/h5-6,9,12-13H,7-8,10-11H2,1-4H3,(H,20,21);1H. The molecular weight excluding hydrogens is 475 g/mol. The smallest absolute Gasteiger partial charge is 0.194 e. The number of nitrogens with one attached hydrogen (secondary N) is 1. The van der Waals surface area contributed by atoms with Crippen LogP contribution in [0.3, 0.4) is 0 Å². The number of fused-ring (bicyclic) bond motifs is 1. The van der Waals surface area contributed by atoms with Gasteiger partial charge < -0.3 is 19.7 Å². The van der Waals surface area contributed by atoms with E-state index in [1.54, 1.807) is 18.4 Å². The van der Waals surface area contributed by atoms with Crippen LogP contribution in [0.1, 0.15) is 36.0 Å². The molecule has 0 amide bonds. The minimum absolute atomic E-state index is 0. The minimum atomic E-state index is 0. The molecule has 27 heavy (non-hydrogen) atoms. The topological polar surface area (TPSA) is 59.0 Å². The Morgan fingerprint density at radius 2 is 2.04 bits per heavy atom. The number of thiazole rings is 1. The molecule has 1 aromatic heterocycles. The predicted octanol–water partition coefficient (Wildman–Crippen LogP) is 3.86. The number of rotatable bonds is 5. The highest BCUT2D eigenvalue weighted by molar-refractivity contribution is 14.0. The molecule has 6 nitrogen and oxygen atoms in total. The zero-order chi connectivity index (χ0) is 18.5. The summed E-state index contributed by atoms with van der Waals surface area (Å²) in [5.74, 6) is 2.92. The molecule has 0 unspecified atom stereocenters. The third-order valence-corrected chi connectivity index (χ3v) is 5.28. The molecule has 1 aliphatic rings. The van der Waals surface area contributed by atoms with Gasteiger partial charge in [0.15, 0.2) is 17.5 Å². The molecular formula is C19H27IN4O2S. The van der Waals surface area contributed by atoms with Crippen molar-refractivity contribution >= 4 is 41.3 Å². The zero-order valence-electron chi connectivity index (χ0n) is 16.2. The zero-order valence-corrected chi connectivity index (χ0v) is 19.3. The molecule has 0 spiro atoms. The van der Waals surface area contributed by atoms with Crippen molar-refractivity contribution < 1.29 is 9.47 Å². The first-order valence-electron chi connectivity index (χ1n) is 8.81. The molecule has 0 fully saturated rings. The lowest BCUT2D eigenvalue weighted by molar-refractivity contribution is 0.171. The van der Waals surface area contributed by atoms with E-state index in [1.165, 1.54) is 5.01 Å². The Bertz CT molecular complexity index is 779. The summed E-state index contributed by atoms with van der Waals surface area (Å²) < 4.78 is 11.2. The number of aromatic nitrogens is 1. The minimum Gasteiger partial charge on any atom is -0.486 e. The predicted molar refractivity (Wildman–Crippen MR) is 121 cm³/mol. The molecule has 0 saturated heterocycles. The van der Waals surface area contributed by atoms with E-state index in [9.17, 15) is 0 Å². The molecule has 148 valence electrons. The average molecular weight is 502 g/mol. The van der Waals surface area contributed by atoms with Gasteiger partial charge in [-0.15, -0.1) is 35.3 Å². The second-order valence-electron chi connectivity index (χ2n) is 6.57. The molecule has 1 aliphatic heterocycles. The van der Waals surface area contributed by atoms with Gasteiger partial charge >= 0.3 is 0 Å². The molecule has 0 bridgehead atoms. The van der Waals surface area contributed by atoms with Crippen LogP contribution in [0, 0.1) is 0 Å². The van der Waals surface area contributed by atoms with Crippen LogP contribution in [0.5, 0.6) is 11.5 Å². The van der Waals surface area contributed by atoms with Crippen LogP contribution in [0.25, 0.3) is 0 Å². The number of nitrogens with zero attached hydrogens (tertiary/aromatic N) is 3. The summed E-state index contributed by atoms with van der Waals surface area (Å²) in [7, 11) is 3.82. The summed E-state index contributed by atoms with van der Waals surface area (Å²) in [4.78, 5) is 11.1. The normalized spacial score (nSPS) is 13.3. The third-order valence-electron chi connectivity index (χ3n) is 4.09. The molecule has 1 aromatic carbocycles. The van der Waals surface area contributed by atoms with Crippen molar-refractivity contribution in [3.05, 3.63) is 39.8 Å². The van der Waals surface area contributed by atoms with Crippen molar-refractivity contribution in [3.63, 3.8) is 0 Å². The lowest BCUT2D eigenvalue weighted by Gasteiger charge is -2.23. The molecule has 0 atom stereocenters. The van der Waals surface area contributed by atoms with E-state index in [1.807, 2.05) is 19.2 Å². The van der Waals surface area contributed by atoms with Crippen LogP contribution in [0.15, 0.2) is 28.6 Å². The van der Waals surface area contributed by atoms with Gasteiger partial charge in [-0.05, 0) is 17.7 Å². The number of benzene rings is 1. The monoisotopic (exact) mass is 502 g/mol. The van der Waals surface area contributed by atoms with Crippen molar-refractivity contribution in [1.82, 2.24) is 15.2 Å². The van der Waals surface area contributed by atoms with Crippen molar-refractivity contribution in [2.45, 2.75) is 32.9 Å². The number of halogens is 1. The first-order valence-corrected chi connectivity index (χ1v) is 9.69. The van der Waals surface area contributed by atoms with Crippen LogP contribution >= 0.6 is 35.3 Å². The van der Waals surface area contributed by atoms with Crippen LogP contribution in [0.2, 0.25) is 0 Å². The van der Waals surface area contributed by atoms with E-state index in [0.29, 0.717) is 25.7 Å². The fourth-order valence-electron chi connectivity index (χ4n) is 2.76. The third kappa shape index (κ3) is 5.71. The van der Waals surface area contributed by atoms with Crippen LogP contribution in [-0.4, -0.2) is 43.2 Å². The summed E-state index contributed by atoms with van der Waals surface area (Å²) >= 11 is 1.71. The van der Waals surface area contributed by atoms with E-state index >= 15 is 0 Å². The number of ether oxygens (including phenoxy) is 2. The van der Waals surface area contributed by atoms with Gasteiger partial charge in [0.05, 0.1) is 17.2 Å². The highest BCUT2D eigenvalue weighted by Gasteiger charge is 2.14. The fourth-order valence-corrected chi connectivity index (χ4v) is 3.59. The largest absolute Gasteiger partial charge is 0.486 e. The van der Waals surface area contributed by atoms with Gasteiger partial charge in [-0.1, -0.05) is 19.9 Å². The van der Waals surface area contributed by atoms with E-state index in [2.05, 4.69) is 45.5 Å². The Balaban J connectivity index is 0.00000261. The van der Waals surface area contributed by atoms with Gasteiger partial charge in [0.2, 0.25) is 0 Å². The number of hydrogen-bond donors (Lipinski definition) is 1. The Morgan fingerprint density at radius 1 is 1.30 bits per heavy atom. The van der Waals surface area contributed by atoms with Gasteiger partial charge in [0.1, 0.15) is 13.2 Å². The molecule has 3 rings (SSSR count). The second kappa shape index (κ2) is 10.1. The lowest BCUT2D eigenvalue weighted by atomic mass is 10.2. The summed E-state index contributed by atoms with van der Waals surface area (Å²) in [5, 5.41) is 6.66. The first-order chi connectivity index (χ1) is 12.6. The molecule has 0 aliphatic carbocycles. The summed E-state index contributed by atoms with van der Waals surface area (Å²) in [6.07, 6.45) is 0. The maximum atomic E-state index is 5.66. The SMILES string of the molecule is CN=C(NCc1csc(C(C)C)n1)N(C)Cc1ccc2c(c1)OCCO2.I. The van der Waals surface area contributed by atoms with Gasteiger partial charge in [0.25, 0.3) is 0 Å². The molecule has 2 heterocycles. The highest BCUT2D eigenvalue weighted by Crippen LogP contribution is 2.31. The van der Waals surface area contributed by atoms with Gasteiger partial charge in [-0.2, -0.15) is 0 Å². The maximum Gasteiger partial charge on any atom is 0.194 e. The quantitative estimate of drug-likeness (QED) is 0.383. The molecule has 0 radical (unpaired) electrons. The van der Waals surface area contributed by atoms with Gasteiger partial charge in [-0.3, -0.25) is 4.99 Å². The average Bonchev–Trinajstić information content (AvgIpc) is 3.11. The van der Waals surface area contributed by atoms with Crippen LogP contribution in [0.4, 0.5) is 0 Å². The van der Waals surface area contributed by atoms with E-state index in [0.717, 1.165) is 35.3 Å². The molecule has 0 saturated carbocycles. The summed E-state index contributed by atoms with van der Waals surface area (Å²) in [5.41, 5.74) is 2.20. The van der Waals surface area contributed by atoms with Gasteiger partial charge in [0, 0.05) is 31.9 Å². The highest BCUT2D eigenvalue weighted by atomic mass is 127. The second-order valence-corrected chi connectivity index (χ2v) is 7.46. The molecule has 8 heteroatoms. The first kappa shape index (κ1) is 21.7. The Morgan fingerprint density at radius 3 is 2.70 bits per heavy atom. The van der Waals surface area contributed by atoms with Crippen molar-refractivity contribution in [2.24, 2.45) is 4.99 Å². The Hall–Kier alpha value is -1.55. The van der Waals surface area contributed by atoms with Crippen molar-refractivity contribution in [3.8, 4) is 11.5 Å². The Kier molecular flexibility index (Phi) is 8.15. The van der Waals surface area contributed by atoms with E-state index < -0.39 is 0 Å². The van der Waals surface area contributed by atoms with Crippen LogP contribution < -0.4 is 14.8 Å². The molecule has 1 N–H and O–H groups in total. The number of guanidine groups is 1. The molecule has 2 aromatic rings. The van der Waals surface area contributed by atoms with Crippen LogP contribution in [-0.2, 0) is 13.1 Å². The Labute approximate surface area is 182 Å². The maximum absolute atomic E-state index is 5.66. The summed E-state index contributed by atoms with van der Waals surface area (Å²) in [6.45, 7) is 6.93. The van der Waals surface area contributed by atoms with Gasteiger partial charge in [-0.25, -0.2) is 4.98 Å². The van der Waals surface area contributed by atoms with Crippen molar-refractivity contribution in [1.29, 1.82) is 0 Å². The number of hydrogen-bond acceptors (Lipinski definition) is 5. The van der Waals surface area contributed by atoms with E-state index in [-0.39, 0.29) is 24.0 Å². The lowest BCUT2D eigenvalue weighted by Crippen LogP contribution is -2.38. The van der Waals surface area contributed by atoms with Crippen molar-refractivity contribution in [2.75, 3.05) is 27.3 Å². The van der Waals surface area contributed by atoms with E-state index in [4.69, 9.17) is 9.47 Å². The summed E-state index contributed by atoms with van der Waals surface area (Å²) in [6, 6.07) is 6.07. The number of aliphatic imine (C=N–C) groups is 1. The fraction of sp³-hybridized carbons (Fsp3) is 0.474.